The zero-order chi connectivity index (χ0) is 18.7. The molecule has 1 aliphatic rings. The van der Waals surface area contributed by atoms with E-state index in [0.717, 1.165) is 0 Å². The smallest absolute Gasteiger partial charge is 0.339 e. The number of ether oxygens (including phenoxy) is 3. The molecule has 1 aliphatic heterocycles. The second-order valence-corrected chi connectivity index (χ2v) is 7.66. The highest BCUT2D eigenvalue weighted by Crippen LogP contribution is 2.30. The van der Waals surface area contributed by atoms with Gasteiger partial charge in [-0.3, -0.25) is 0 Å². The van der Waals surface area contributed by atoms with Crippen molar-refractivity contribution in [2.24, 2.45) is 0 Å². The van der Waals surface area contributed by atoms with Gasteiger partial charge in [0.15, 0.2) is 11.5 Å². The van der Waals surface area contributed by atoms with Crippen LogP contribution in [0.25, 0.3) is 0 Å². The van der Waals surface area contributed by atoms with Gasteiger partial charge in [-0.25, -0.2) is 17.9 Å². The van der Waals surface area contributed by atoms with Gasteiger partial charge in [0.2, 0.25) is 10.0 Å². The van der Waals surface area contributed by atoms with Crippen LogP contribution < -0.4 is 14.2 Å². The van der Waals surface area contributed by atoms with Crippen molar-refractivity contribution in [2.75, 3.05) is 20.3 Å². The maximum atomic E-state index is 12.5. The minimum Gasteiger partial charge on any atom is -0.486 e. The molecule has 0 radical (unpaired) electrons. The van der Waals surface area contributed by atoms with Crippen LogP contribution in [0.4, 0.5) is 0 Å². The second-order valence-electron chi connectivity index (χ2n) is 5.48. The summed E-state index contributed by atoms with van der Waals surface area (Å²) >= 11 is 5.91. The fourth-order valence-corrected chi connectivity index (χ4v) is 3.67. The first-order valence-corrected chi connectivity index (χ1v) is 9.53. The maximum Gasteiger partial charge on any atom is 0.339 e. The van der Waals surface area contributed by atoms with Gasteiger partial charge in [0, 0.05) is 0 Å². The number of esters is 1. The Hall–Kier alpha value is -2.29. The summed E-state index contributed by atoms with van der Waals surface area (Å²) in [6.45, 7) is 0.223. The number of hydrogen-bond acceptors (Lipinski definition) is 6. The summed E-state index contributed by atoms with van der Waals surface area (Å²) < 4.78 is 43.3. The van der Waals surface area contributed by atoms with Crippen molar-refractivity contribution >= 4 is 27.6 Å². The molecule has 0 amide bonds. The Balaban J connectivity index is 1.71. The highest BCUT2D eigenvalue weighted by atomic mass is 35.5. The summed E-state index contributed by atoms with van der Waals surface area (Å²) in [7, 11) is -2.68. The van der Waals surface area contributed by atoms with Gasteiger partial charge in [-0.2, -0.15) is 0 Å². The van der Waals surface area contributed by atoms with E-state index in [4.69, 9.17) is 21.1 Å². The maximum absolute atomic E-state index is 12.5. The lowest BCUT2D eigenvalue weighted by molar-refractivity contribution is 0.0600. The lowest BCUT2D eigenvalue weighted by Gasteiger charge is -2.26. The summed E-state index contributed by atoms with van der Waals surface area (Å²) in [6.07, 6.45) is -0.480. The zero-order valence-corrected chi connectivity index (χ0v) is 15.3. The molecule has 0 aromatic heterocycles. The molecule has 138 valence electrons. The fraction of sp³-hybridized carbons (Fsp3) is 0.235. The van der Waals surface area contributed by atoms with E-state index in [2.05, 4.69) is 9.46 Å². The molecule has 0 unspecified atom stereocenters. The van der Waals surface area contributed by atoms with Gasteiger partial charge in [0.25, 0.3) is 0 Å². The van der Waals surface area contributed by atoms with Crippen LogP contribution in [0.3, 0.4) is 0 Å². The van der Waals surface area contributed by atoms with Crippen LogP contribution in [0.15, 0.2) is 47.4 Å². The van der Waals surface area contributed by atoms with Gasteiger partial charge < -0.3 is 14.2 Å². The van der Waals surface area contributed by atoms with Crippen molar-refractivity contribution < 1.29 is 27.4 Å². The van der Waals surface area contributed by atoms with Crippen LogP contribution in [0, 0.1) is 0 Å². The van der Waals surface area contributed by atoms with Gasteiger partial charge in [-0.1, -0.05) is 23.7 Å². The molecule has 0 saturated heterocycles. The third-order valence-electron chi connectivity index (χ3n) is 3.72. The highest BCUT2D eigenvalue weighted by molar-refractivity contribution is 7.89. The zero-order valence-electron chi connectivity index (χ0n) is 13.8. The summed E-state index contributed by atoms with van der Waals surface area (Å²) in [4.78, 5) is 11.6. The Kier molecular flexibility index (Phi) is 5.36. The molecular formula is C17H16ClNO6S. The monoisotopic (exact) mass is 397 g/mol. The molecule has 1 N–H and O–H groups in total. The highest BCUT2D eigenvalue weighted by Gasteiger charge is 2.24. The predicted molar refractivity (Wildman–Crippen MR) is 94.3 cm³/mol. The quantitative estimate of drug-likeness (QED) is 0.778. The second kappa shape index (κ2) is 7.53. The van der Waals surface area contributed by atoms with Crippen molar-refractivity contribution in [3.05, 3.63) is 53.1 Å². The average Bonchev–Trinajstić information content (AvgIpc) is 2.66. The molecule has 0 saturated carbocycles. The molecule has 0 spiro atoms. The Labute approximate surface area is 155 Å². The van der Waals surface area contributed by atoms with Crippen molar-refractivity contribution in [3.63, 3.8) is 0 Å². The van der Waals surface area contributed by atoms with E-state index in [-0.39, 0.29) is 28.6 Å². The molecule has 26 heavy (non-hydrogen) atoms. The number of fused-ring (bicyclic) bond motifs is 1. The van der Waals surface area contributed by atoms with E-state index in [9.17, 15) is 13.2 Å². The molecule has 0 fully saturated rings. The van der Waals surface area contributed by atoms with E-state index < -0.39 is 22.1 Å². The van der Waals surface area contributed by atoms with E-state index >= 15 is 0 Å². The number of benzene rings is 2. The number of nitrogens with one attached hydrogen (secondary N) is 1. The van der Waals surface area contributed by atoms with Gasteiger partial charge >= 0.3 is 5.97 Å². The molecule has 0 bridgehead atoms. The average molecular weight is 398 g/mol. The van der Waals surface area contributed by atoms with Crippen molar-refractivity contribution in [3.8, 4) is 11.5 Å². The van der Waals surface area contributed by atoms with E-state index in [1.54, 1.807) is 18.2 Å². The molecule has 9 heteroatoms. The summed E-state index contributed by atoms with van der Waals surface area (Å²) in [6, 6.07) is 11.0. The Morgan fingerprint density at radius 3 is 2.73 bits per heavy atom. The Bertz CT molecular complexity index is 931. The SMILES string of the molecule is COC(=O)c1cc(S(=O)(=O)NC[C@H]2COc3ccccc3O2)ccc1Cl. The molecule has 2 aromatic carbocycles. The summed E-state index contributed by atoms with van der Waals surface area (Å²) in [5, 5.41) is 0.108. The van der Waals surface area contributed by atoms with Gasteiger partial charge in [0.1, 0.15) is 12.7 Å². The number of para-hydroxylation sites is 2. The molecule has 0 aliphatic carbocycles. The fourth-order valence-electron chi connectivity index (χ4n) is 2.39. The molecule has 1 atom stereocenters. The van der Waals surface area contributed by atoms with E-state index in [1.807, 2.05) is 6.07 Å². The van der Waals surface area contributed by atoms with Crippen LogP contribution in [-0.2, 0) is 14.8 Å². The lowest BCUT2D eigenvalue weighted by atomic mass is 10.2. The van der Waals surface area contributed by atoms with Crippen LogP contribution in [0.2, 0.25) is 5.02 Å². The first kappa shape index (κ1) is 18.5. The van der Waals surface area contributed by atoms with Gasteiger partial charge in [-0.05, 0) is 30.3 Å². The van der Waals surface area contributed by atoms with E-state index in [1.165, 1.54) is 25.3 Å². The molecule has 3 rings (SSSR count). The minimum atomic E-state index is -3.87. The third kappa shape index (κ3) is 3.92. The summed E-state index contributed by atoms with van der Waals surface area (Å²) in [5.74, 6) is 0.460. The first-order chi connectivity index (χ1) is 12.4. The third-order valence-corrected chi connectivity index (χ3v) is 5.47. The number of halogens is 1. The number of methoxy groups -OCH3 is 1. The van der Waals surface area contributed by atoms with Crippen LogP contribution in [0.5, 0.6) is 11.5 Å². The number of carbonyl (C=O) groups excluding carboxylic acids is 1. The standard InChI is InChI=1S/C17H16ClNO6S/c1-23-17(20)13-8-12(6-7-14(13)18)26(21,22)19-9-11-10-24-15-4-2-3-5-16(15)25-11/h2-8,11,19H,9-10H2,1H3/t11-/m0/s1. The number of rotatable bonds is 5. The van der Waals surface area contributed by atoms with Crippen molar-refractivity contribution in [1.29, 1.82) is 0 Å². The Morgan fingerprint density at radius 2 is 2.00 bits per heavy atom. The summed E-state index contributed by atoms with van der Waals surface area (Å²) in [5.41, 5.74) is -0.0248. The topological polar surface area (TPSA) is 90.9 Å². The van der Waals surface area contributed by atoms with Crippen LogP contribution >= 0.6 is 11.6 Å². The van der Waals surface area contributed by atoms with Gasteiger partial charge in [0.05, 0.1) is 29.1 Å². The molecule has 7 nitrogen and oxygen atoms in total. The van der Waals surface area contributed by atoms with Gasteiger partial charge in [-0.15, -0.1) is 0 Å². The van der Waals surface area contributed by atoms with Crippen molar-refractivity contribution in [1.82, 2.24) is 4.72 Å². The molecular weight excluding hydrogens is 382 g/mol. The largest absolute Gasteiger partial charge is 0.486 e. The Morgan fingerprint density at radius 1 is 1.27 bits per heavy atom. The normalized spacial score (nSPS) is 16.2. The number of hydrogen-bond donors (Lipinski definition) is 1. The molecule has 2 aromatic rings. The van der Waals surface area contributed by atoms with E-state index in [0.29, 0.717) is 11.5 Å². The number of sulfonamides is 1. The van der Waals surface area contributed by atoms with Crippen LogP contribution in [0.1, 0.15) is 10.4 Å². The molecule has 1 heterocycles. The van der Waals surface area contributed by atoms with Crippen molar-refractivity contribution in [2.45, 2.75) is 11.0 Å². The number of carbonyl (C=O) groups is 1. The minimum absolute atomic E-state index is 0.00680. The first-order valence-electron chi connectivity index (χ1n) is 7.67. The lowest BCUT2D eigenvalue weighted by Crippen LogP contribution is -2.40. The predicted octanol–water partition coefficient (Wildman–Crippen LogP) is 2.24. The van der Waals surface area contributed by atoms with Crippen LogP contribution in [-0.4, -0.2) is 40.8 Å².